The zero-order chi connectivity index (χ0) is 20.9. The van der Waals surface area contributed by atoms with Gasteiger partial charge in [0.05, 0.1) is 12.4 Å². The van der Waals surface area contributed by atoms with Gasteiger partial charge in [0.25, 0.3) is 0 Å². The Labute approximate surface area is 177 Å². The van der Waals surface area contributed by atoms with Gasteiger partial charge in [-0.25, -0.2) is 0 Å². The van der Waals surface area contributed by atoms with Crippen LogP contribution in [0.5, 0.6) is 0 Å². The zero-order valence-corrected chi connectivity index (χ0v) is 19.9. The highest BCUT2D eigenvalue weighted by atomic mass is 32.2. The van der Waals surface area contributed by atoms with Crippen LogP contribution in [0.1, 0.15) is 80.1 Å². The van der Waals surface area contributed by atoms with Crippen LogP contribution in [-0.2, 0) is 4.79 Å². The molecule has 2 aliphatic rings. The van der Waals surface area contributed by atoms with Crippen molar-refractivity contribution in [1.82, 2.24) is 15.5 Å². The quantitative estimate of drug-likeness (QED) is 0.606. The zero-order valence-electron chi connectivity index (χ0n) is 19.1. The van der Waals surface area contributed by atoms with Gasteiger partial charge in [-0.3, -0.25) is 4.79 Å². The fraction of sp³-hybridized carbons (Fsp3) is 0.870. The molecule has 0 radical (unpaired) electrons. The lowest BCUT2D eigenvalue weighted by atomic mass is 9.83. The van der Waals surface area contributed by atoms with Gasteiger partial charge in [0.2, 0.25) is 5.91 Å². The summed E-state index contributed by atoms with van der Waals surface area (Å²) >= 11 is 2.02. The minimum absolute atomic E-state index is 0.104. The van der Waals surface area contributed by atoms with Crippen LogP contribution in [0.2, 0.25) is 0 Å². The fourth-order valence-electron chi connectivity index (χ4n) is 4.74. The topological polar surface area (TPSA) is 44.4 Å². The molecule has 0 aromatic rings. The average molecular weight is 410 g/mol. The van der Waals surface area contributed by atoms with Crippen molar-refractivity contribution in [3.05, 3.63) is 12.4 Å². The van der Waals surface area contributed by atoms with Gasteiger partial charge in [-0.2, -0.15) is 11.8 Å². The van der Waals surface area contributed by atoms with Gasteiger partial charge in [-0.05, 0) is 38.0 Å². The summed E-state index contributed by atoms with van der Waals surface area (Å²) in [6, 6.07) is 0.336. The van der Waals surface area contributed by atoms with Crippen molar-refractivity contribution in [2.24, 2.45) is 11.8 Å². The van der Waals surface area contributed by atoms with Gasteiger partial charge in [0.1, 0.15) is 0 Å². The van der Waals surface area contributed by atoms with E-state index in [4.69, 9.17) is 0 Å². The summed E-state index contributed by atoms with van der Waals surface area (Å²) in [5, 5.41) is 6.98. The molecule has 4 nitrogen and oxygen atoms in total. The summed E-state index contributed by atoms with van der Waals surface area (Å²) in [6.45, 7) is 19.0. The number of carbonyl (C=O) groups is 1. The molecule has 2 fully saturated rings. The van der Waals surface area contributed by atoms with Crippen LogP contribution < -0.4 is 10.6 Å². The van der Waals surface area contributed by atoms with Crippen LogP contribution in [0.15, 0.2) is 12.4 Å². The van der Waals surface area contributed by atoms with Crippen LogP contribution in [0, 0.1) is 11.8 Å². The standard InChI is InChI=1S/C23H43N3OS/c1-17(2)20-11-14-26(18(20)3)21(27)15-24-19(4)25-23(12-9-8-10-13-23)16-28-22(5,6)7/h17-18,20,24-25H,4,8-16H2,1-3,5-7H3. The molecular formula is C23H43N3OS. The Morgan fingerprint density at radius 1 is 1.25 bits per heavy atom. The van der Waals surface area contributed by atoms with Crippen molar-refractivity contribution in [1.29, 1.82) is 0 Å². The summed E-state index contributed by atoms with van der Waals surface area (Å²) in [7, 11) is 0. The van der Waals surface area contributed by atoms with E-state index in [0.29, 0.717) is 24.4 Å². The van der Waals surface area contributed by atoms with E-state index in [1.807, 2.05) is 11.8 Å². The number of rotatable bonds is 8. The Bertz CT molecular complexity index is 534. The van der Waals surface area contributed by atoms with E-state index < -0.39 is 0 Å². The van der Waals surface area contributed by atoms with Gasteiger partial charge in [-0.15, -0.1) is 0 Å². The van der Waals surface area contributed by atoms with Crippen molar-refractivity contribution >= 4 is 17.7 Å². The highest BCUT2D eigenvalue weighted by Gasteiger charge is 2.36. The van der Waals surface area contributed by atoms with E-state index in [9.17, 15) is 4.79 Å². The molecule has 1 heterocycles. The van der Waals surface area contributed by atoms with E-state index in [2.05, 4.69) is 63.7 Å². The summed E-state index contributed by atoms with van der Waals surface area (Å²) in [6.07, 6.45) is 7.36. The van der Waals surface area contributed by atoms with E-state index in [-0.39, 0.29) is 16.2 Å². The Hall–Kier alpha value is -0.840. The van der Waals surface area contributed by atoms with E-state index >= 15 is 0 Å². The minimum atomic E-state index is 0.104. The molecule has 0 aromatic heterocycles. The summed E-state index contributed by atoms with van der Waals surface area (Å²) in [5.74, 6) is 3.33. The number of thioether (sulfide) groups is 1. The maximum atomic E-state index is 12.7. The highest BCUT2D eigenvalue weighted by molar-refractivity contribution is 8.00. The minimum Gasteiger partial charge on any atom is -0.366 e. The van der Waals surface area contributed by atoms with Crippen LogP contribution in [0.3, 0.4) is 0 Å². The molecule has 2 N–H and O–H groups in total. The molecule has 5 heteroatoms. The Morgan fingerprint density at radius 3 is 2.43 bits per heavy atom. The molecule has 1 saturated heterocycles. The molecule has 0 aromatic carbocycles. The second-order valence-corrected chi connectivity index (χ2v) is 12.0. The molecule has 1 aliphatic heterocycles. The van der Waals surface area contributed by atoms with Gasteiger partial charge in [-0.1, -0.05) is 60.5 Å². The van der Waals surface area contributed by atoms with Crippen LogP contribution in [0.4, 0.5) is 0 Å². The summed E-state index contributed by atoms with van der Waals surface area (Å²) < 4.78 is 0.260. The second kappa shape index (κ2) is 9.77. The Morgan fingerprint density at radius 2 is 1.89 bits per heavy atom. The number of amides is 1. The number of hydrogen-bond acceptors (Lipinski definition) is 4. The smallest absolute Gasteiger partial charge is 0.242 e. The van der Waals surface area contributed by atoms with Crippen molar-refractivity contribution in [2.75, 3.05) is 18.8 Å². The largest absolute Gasteiger partial charge is 0.366 e. The first-order chi connectivity index (χ1) is 13.0. The SMILES string of the molecule is C=C(NCC(=O)N1CCC(C(C)C)C1C)NC1(CSC(C)(C)C)CCCCC1. The predicted octanol–water partition coefficient (Wildman–Crippen LogP) is 4.76. The lowest BCUT2D eigenvalue weighted by Crippen LogP contribution is -2.52. The molecule has 2 unspecified atom stereocenters. The molecule has 0 spiro atoms. The van der Waals surface area contributed by atoms with E-state index in [1.165, 1.54) is 32.1 Å². The third-order valence-electron chi connectivity index (χ3n) is 6.45. The van der Waals surface area contributed by atoms with Crippen LogP contribution >= 0.6 is 11.8 Å². The van der Waals surface area contributed by atoms with Crippen molar-refractivity contribution in [3.63, 3.8) is 0 Å². The Kier molecular flexibility index (Phi) is 8.18. The lowest BCUT2D eigenvalue weighted by molar-refractivity contribution is -0.131. The number of hydrogen-bond donors (Lipinski definition) is 2. The average Bonchev–Trinajstić information content (AvgIpc) is 3.00. The molecule has 1 aliphatic carbocycles. The van der Waals surface area contributed by atoms with Gasteiger partial charge in [0.15, 0.2) is 0 Å². The molecular weight excluding hydrogens is 366 g/mol. The van der Waals surface area contributed by atoms with Crippen molar-refractivity contribution in [2.45, 2.75) is 96.4 Å². The first kappa shape index (κ1) is 23.4. The monoisotopic (exact) mass is 409 g/mol. The molecule has 2 rings (SSSR count). The number of nitrogens with zero attached hydrogens (tertiary/aromatic N) is 1. The third-order valence-corrected chi connectivity index (χ3v) is 8.02. The maximum Gasteiger partial charge on any atom is 0.242 e. The molecule has 0 bridgehead atoms. The highest BCUT2D eigenvalue weighted by Crippen LogP contribution is 2.36. The maximum absolute atomic E-state index is 12.7. The van der Waals surface area contributed by atoms with E-state index in [0.717, 1.165) is 24.5 Å². The van der Waals surface area contributed by atoms with Gasteiger partial charge >= 0.3 is 0 Å². The molecule has 162 valence electrons. The number of carbonyl (C=O) groups excluding carboxylic acids is 1. The normalized spacial score (nSPS) is 25.0. The molecule has 28 heavy (non-hydrogen) atoms. The lowest BCUT2D eigenvalue weighted by Gasteiger charge is -2.41. The molecule has 1 amide bonds. The van der Waals surface area contributed by atoms with Crippen molar-refractivity contribution < 1.29 is 4.79 Å². The first-order valence-corrected chi connectivity index (χ1v) is 12.2. The first-order valence-electron chi connectivity index (χ1n) is 11.2. The van der Waals surface area contributed by atoms with E-state index in [1.54, 1.807) is 0 Å². The molecule has 2 atom stereocenters. The van der Waals surface area contributed by atoms with Crippen LogP contribution in [-0.4, -0.2) is 46.0 Å². The number of likely N-dealkylation sites (tertiary alicyclic amines) is 1. The molecule has 1 saturated carbocycles. The van der Waals surface area contributed by atoms with Crippen molar-refractivity contribution in [3.8, 4) is 0 Å². The van der Waals surface area contributed by atoms with Gasteiger partial charge < -0.3 is 15.5 Å². The fourth-order valence-corrected chi connectivity index (χ4v) is 5.81. The second-order valence-electron chi connectivity index (χ2n) is 10.2. The number of nitrogens with one attached hydrogen (secondary N) is 2. The third kappa shape index (κ3) is 6.60. The summed E-state index contributed by atoms with van der Waals surface area (Å²) in [5.41, 5.74) is 0.104. The van der Waals surface area contributed by atoms with Gasteiger partial charge in [0, 0.05) is 28.6 Å². The summed E-state index contributed by atoms with van der Waals surface area (Å²) in [4.78, 5) is 14.8. The van der Waals surface area contributed by atoms with Crippen LogP contribution in [0.25, 0.3) is 0 Å². The Balaban J connectivity index is 1.86. The predicted molar refractivity (Wildman–Crippen MR) is 122 cm³/mol.